The van der Waals surface area contributed by atoms with E-state index in [2.05, 4.69) is 19.9 Å². The average Bonchev–Trinajstić information content (AvgIpc) is 3.75. The summed E-state index contributed by atoms with van der Waals surface area (Å²) in [5, 5.41) is 42.3. The summed E-state index contributed by atoms with van der Waals surface area (Å²) < 4.78 is 3.96. The second-order valence-corrected chi connectivity index (χ2v) is 14.1. The lowest BCUT2D eigenvalue weighted by Crippen LogP contribution is -2.60. The van der Waals surface area contributed by atoms with E-state index in [1.165, 1.54) is 4.90 Å². The molecule has 0 spiro atoms. The van der Waals surface area contributed by atoms with E-state index < -0.39 is 104 Å². The van der Waals surface area contributed by atoms with Crippen LogP contribution in [0, 0.1) is 5.92 Å². The van der Waals surface area contributed by atoms with E-state index in [9.17, 15) is 54.0 Å². The summed E-state index contributed by atoms with van der Waals surface area (Å²) in [6.45, 7) is -0.975. The standard InChI is InChI=1S/C27H25ClN8O12S2/c28-14-10(2-3-12(37)17(14)40)16(39)19(41)31-36-7-6-35(25(36)47)27(23(45)46)9-34-20(42)11(21(34)49-27)8-13(38)15(18-30-24(29)50-33-18)32-48-26(22(43)44)4-1-5-26/h2-3,11,21,37,40H,1,4-9H2,(H,31,41)(H,43,44)(H,45,46)(H2,29,30,33)/b32-15+/t11-,21-,27-/m1/s1. The molecule has 7 N–H and O–H groups in total. The molecule has 23 heteroatoms. The van der Waals surface area contributed by atoms with Crippen molar-refractivity contribution in [3.05, 3.63) is 28.5 Å². The summed E-state index contributed by atoms with van der Waals surface area (Å²) in [5.41, 5.74) is 5.17. The van der Waals surface area contributed by atoms with Crippen LogP contribution in [0.2, 0.25) is 5.02 Å². The fourth-order valence-electron chi connectivity index (χ4n) is 5.77. The topological polar surface area (TPSA) is 296 Å². The number of nitrogens with two attached hydrogens (primary N) is 1. The first kappa shape index (κ1) is 34.6. The SMILES string of the molecule is Nc1nc(/C(=N/OC2(C(=O)O)CCC2)C(=O)C[C@@H]2C(=O)N3C[C@@](C(=O)O)(N4CCN(NC(=O)C(=O)c5ccc(O)c(O)c5Cl)C4=O)S[C@H]23)ns1. The molecular weight excluding hydrogens is 728 g/mol. The molecule has 4 heterocycles. The van der Waals surface area contributed by atoms with Gasteiger partial charge in [-0.3, -0.25) is 29.5 Å². The number of aliphatic carboxylic acids is 2. The number of oxime groups is 1. The predicted molar refractivity (Wildman–Crippen MR) is 169 cm³/mol. The molecule has 0 unspecified atom stereocenters. The molecule has 4 amide bonds. The zero-order valence-electron chi connectivity index (χ0n) is 25.3. The second-order valence-electron chi connectivity index (χ2n) is 11.6. The zero-order chi connectivity index (χ0) is 36.3. The Morgan fingerprint density at radius 3 is 2.44 bits per heavy atom. The van der Waals surface area contributed by atoms with Gasteiger partial charge in [0.25, 0.3) is 5.78 Å². The molecule has 1 aromatic heterocycles. The van der Waals surface area contributed by atoms with E-state index in [0.29, 0.717) is 11.4 Å². The lowest BCUT2D eigenvalue weighted by molar-refractivity contribution is -0.178. The number of nitrogens with zero attached hydrogens (tertiary/aromatic N) is 6. The van der Waals surface area contributed by atoms with Gasteiger partial charge in [0.1, 0.15) is 0 Å². The number of aromatic hydroxyl groups is 2. The molecule has 6 rings (SSSR count). The van der Waals surface area contributed by atoms with Crippen molar-refractivity contribution < 1.29 is 58.8 Å². The molecule has 0 radical (unpaired) electrons. The summed E-state index contributed by atoms with van der Waals surface area (Å²) in [7, 11) is 0. The Labute approximate surface area is 292 Å². The maximum atomic E-state index is 13.5. The van der Waals surface area contributed by atoms with Gasteiger partial charge in [-0.15, -0.1) is 0 Å². The van der Waals surface area contributed by atoms with Crippen LogP contribution in [0.5, 0.6) is 11.5 Å². The number of phenols is 2. The highest BCUT2D eigenvalue weighted by Crippen LogP contribution is 2.53. The maximum absolute atomic E-state index is 13.5. The molecule has 3 atom stereocenters. The number of carboxylic acids is 2. The number of hydrogen-bond donors (Lipinski definition) is 6. The lowest BCUT2D eigenvalue weighted by Gasteiger charge is -2.41. The smallest absolute Gasteiger partial charge is 0.350 e. The monoisotopic (exact) mass is 752 g/mol. The third kappa shape index (κ3) is 5.57. The van der Waals surface area contributed by atoms with Crippen molar-refractivity contribution in [3.8, 4) is 11.5 Å². The highest BCUT2D eigenvalue weighted by molar-refractivity contribution is 8.02. The number of benzene rings is 1. The predicted octanol–water partition coefficient (Wildman–Crippen LogP) is -0.164. The molecular formula is C27H25ClN8O12S2. The minimum atomic E-state index is -2.05. The number of hydrazine groups is 1. The van der Waals surface area contributed by atoms with E-state index in [1.807, 2.05) is 0 Å². The van der Waals surface area contributed by atoms with Crippen LogP contribution in [-0.2, 0) is 28.8 Å². The number of nitrogens with one attached hydrogen (secondary N) is 1. The van der Waals surface area contributed by atoms with Gasteiger partial charge >= 0.3 is 23.9 Å². The number of ketones is 2. The molecule has 20 nitrogen and oxygen atoms in total. The number of carbonyl (C=O) groups is 7. The fraction of sp³-hybridized carbons (Fsp3) is 0.407. The van der Waals surface area contributed by atoms with Crippen molar-refractivity contribution in [1.29, 1.82) is 0 Å². The van der Waals surface area contributed by atoms with Gasteiger partial charge in [0, 0.05) is 37.3 Å². The molecule has 4 aliphatic rings. The minimum Gasteiger partial charge on any atom is -0.504 e. The van der Waals surface area contributed by atoms with Gasteiger partial charge in [0.15, 0.2) is 28.1 Å². The number of urea groups is 1. The van der Waals surface area contributed by atoms with E-state index >= 15 is 0 Å². The molecule has 2 aromatic rings. The molecule has 0 bridgehead atoms. The van der Waals surface area contributed by atoms with Gasteiger partial charge in [0.05, 0.1) is 35.0 Å². The number of Topliss-reactive ketones (excluding diaryl/α,β-unsaturated/α-hetero) is 2. The van der Waals surface area contributed by atoms with Gasteiger partial charge in [-0.2, -0.15) is 9.36 Å². The third-order valence-corrected chi connectivity index (χ3v) is 11.4. The third-order valence-electron chi connectivity index (χ3n) is 8.70. The number of fused-ring (bicyclic) bond motifs is 1. The van der Waals surface area contributed by atoms with Crippen molar-refractivity contribution >= 4 is 87.1 Å². The number of β-lactam (4-membered cyclic amide) rings is 1. The van der Waals surface area contributed by atoms with Crippen molar-refractivity contribution in [2.24, 2.45) is 11.1 Å². The molecule has 3 saturated heterocycles. The number of halogens is 1. The van der Waals surface area contributed by atoms with Crippen LogP contribution in [0.3, 0.4) is 0 Å². The Hall–Kier alpha value is -5.22. The van der Waals surface area contributed by atoms with Gasteiger partial charge in [-0.05, 0) is 18.6 Å². The van der Waals surface area contributed by atoms with E-state index in [1.54, 1.807) is 0 Å². The van der Waals surface area contributed by atoms with Crippen LogP contribution in [0.15, 0.2) is 17.3 Å². The van der Waals surface area contributed by atoms with Gasteiger partial charge in [-0.25, -0.2) is 19.4 Å². The Kier molecular flexibility index (Phi) is 8.72. The number of thioether (sulfide) groups is 1. The molecule has 50 heavy (non-hydrogen) atoms. The number of carboxylic acid groups (broad SMARTS) is 2. The molecule has 4 fully saturated rings. The summed E-state index contributed by atoms with van der Waals surface area (Å²) >= 11 is 7.34. The van der Waals surface area contributed by atoms with E-state index in [-0.39, 0.29) is 36.9 Å². The Morgan fingerprint density at radius 2 is 1.84 bits per heavy atom. The Balaban J connectivity index is 1.16. The summed E-state index contributed by atoms with van der Waals surface area (Å²) in [5.74, 6) is -9.57. The average molecular weight is 753 g/mol. The molecule has 264 valence electrons. The maximum Gasteiger partial charge on any atom is 0.350 e. The first-order chi connectivity index (χ1) is 23.6. The highest BCUT2D eigenvalue weighted by Gasteiger charge is 2.66. The number of anilines is 1. The highest BCUT2D eigenvalue weighted by atomic mass is 35.5. The van der Waals surface area contributed by atoms with Gasteiger partial charge < -0.3 is 35.9 Å². The summed E-state index contributed by atoms with van der Waals surface area (Å²) in [4.78, 5) is 99.3. The first-order valence-corrected chi connectivity index (χ1v) is 16.6. The number of rotatable bonds is 12. The van der Waals surface area contributed by atoms with Crippen LogP contribution in [0.1, 0.15) is 41.9 Å². The number of nitrogen functional groups attached to an aromatic ring is 1. The first-order valence-electron chi connectivity index (χ1n) is 14.6. The van der Waals surface area contributed by atoms with Crippen LogP contribution in [-0.4, -0.2) is 127 Å². The van der Waals surface area contributed by atoms with Crippen molar-refractivity contribution in [3.63, 3.8) is 0 Å². The zero-order valence-corrected chi connectivity index (χ0v) is 27.7. The minimum absolute atomic E-state index is 0.0195. The largest absolute Gasteiger partial charge is 0.504 e. The number of amides is 4. The fourth-order valence-corrected chi connectivity index (χ4v) is 8.14. The lowest BCUT2D eigenvalue weighted by atomic mass is 9.80. The summed E-state index contributed by atoms with van der Waals surface area (Å²) in [6.07, 6.45) is 0.342. The van der Waals surface area contributed by atoms with Crippen LogP contribution in [0.4, 0.5) is 9.93 Å². The number of carbonyl (C=O) groups excluding carboxylic acids is 5. The van der Waals surface area contributed by atoms with E-state index in [0.717, 1.165) is 40.3 Å². The van der Waals surface area contributed by atoms with Crippen molar-refractivity contribution in [2.75, 3.05) is 25.4 Å². The molecule has 1 saturated carbocycles. The number of aromatic nitrogens is 2. The van der Waals surface area contributed by atoms with Crippen LogP contribution >= 0.6 is 34.9 Å². The summed E-state index contributed by atoms with van der Waals surface area (Å²) in [6, 6.07) is 0.909. The Morgan fingerprint density at radius 1 is 1.12 bits per heavy atom. The number of phenolic OH excluding ortho intramolecular Hbond substituents is 2. The molecule has 1 aromatic carbocycles. The molecule has 1 aliphatic carbocycles. The molecule has 3 aliphatic heterocycles. The number of hydrogen-bond acceptors (Lipinski definition) is 16. The van der Waals surface area contributed by atoms with Crippen molar-refractivity contribution in [2.45, 2.75) is 41.5 Å². The van der Waals surface area contributed by atoms with Crippen LogP contribution in [0.25, 0.3) is 0 Å². The van der Waals surface area contributed by atoms with Crippen LogP contribution < -0.4 is 11.2 Å². The van der Waals surface area contributed by atoms with E-state index in [4.69, 9.17) is 22.2 Å². The van der Waals surface area contributed by atoms with Gasteiger partial charge in [-0.1, -0.05) is 28.5 Å². The normalized spacial score (nSPS) is 23.9. The van der Waals surface area contributed by atoms with Gasteiger partial charge in [0.2, 0.25) is 22.2 Å². The van der Waals surface area contributed by atoms with Crippen molar-refractivity contribution in [1.82, 2.24) is 29.6 Å². The second kappa shape index (κ2) is 12.6. The Bertz CT molecular complexity index is 1900. The quantitative estimate of drug-likeness (QED) is 0.0410.